The van der Waals surface area contributed by atoms with Gasteiger partial charge in [0, 0.05) is 58.2 Å². The highest BCUT2D eigenvalue weighted by Gasteiger charge is 2.38. The van der Waals surface area contributed by atoms with Crippen LogP contribution < -0.4 is 16.0 Å². The van der Waals surface area contributed by atoms with Crippen LogP contribution in [0.1, 0.15) is 26.7 Å². The summed E-state index contributed by atoms with van der Waals surface area (Å²) >= 11 is 6.41. The van der Waals surface area contributed by atoms with E-state index in [2.05, 4.69) is 32.0 Å². The first-order valence-corrected chi connectivity index (χ1v) is 13.6. The third-order valence-electron chi connectivity index (χ3n) is 7.17. The summed E-state index contributed by atoms with van der Waals surface area (Å²) in [4.78, 5) is 45.8. The van der Waals surface area contributed by atoms with E-state index in [4.69, 9.17) is 18.0 Å². The van der Waals surface area contributed by atoms with Crippen LogP contribution in [0.15, 0.2) is 30.6 Å². The predicted molar refractivity (Wildman–Crippen MR) is 158 cm³/mol. The molecule has 44 heavy (non-hydrogen) atoms. The van der Waals surface area contributed by atoms with Crippen LogP contribution in [0.4, 0.5) is 23.7 Å². The van der Waals surface area contributed by atoms with Crippen LogP contribution in [-0.2, 0) is 19.8 Å². The zero-order chi connectivity index (χ0) is 30.9. The fraction of sp³-hybridized carbons (Fsp3) is 0.370. The standard InChI is InChI=1S/C27H27ClF3N9O3.ClH/c1-3-6-40-15-19(22(36-40)27(29,30)31)21-14-33-23(37(21)2)24(41)34-16-4-5-18(20(28)11-16)25(42)38-7-9-39(10-8-38)26(43)35-17-12-32-13-17;/h1,4-5,11,14-15,17,32H,6-10,12-13H2,2H3,(H,34,41)(H,35,43);1H. The van der Waals surface area contributed by atoms with E-state index in [0.717, 1.165) is 30.2 Å². The van der Waals surface area contributed by atoms with Crippen molar-refractivity contribution in [3.05, 3.63) is 52.7 Å². The van der Waals surface area contributed by atoms with Crippen molar-refractivity contribution >= 4 is 47.5 Å². The molecule has 0 radical (unpaired) electrons. The summed E-state index contributed by atoms with van der Waals surface area (Å²) in [6.07, 6.45) is 2.75. The minimum atomic E-state index is -4.76. The van der Waals surface area contributed by atoms with E-state index >= 15 is 0 Å². The van der Waals surface area contributed by atoms with Crippen molar-refractivity contribution in [3.63, 3.8) is 0 Å². The van der Waals surface area contributed by atoms with Gasteiger partial charge in [0.15, 0.2) is 11.5 Å². The molecule has 5 rings (SSSR count). The van der Waals surface area contributed by atoms with Gasteiger partial charge >= 0.3 is 12.2 Å². The van der Waals surface area contributed by atoms with E-state index < -0.39 is 17.8 Å². The number of terminal acetylenes is 1. The van der Waals surface area contributed by atoms with Gasteiger partial charge < -0.3 is 30.3 Å². The largest absolute Gasteiger partial charge is 0.435 e. The first kappa shape index (κ1) is 32.6. The van der Waals surface area contributed by atoms with Crippen molar-refractivity contribution in [1.29, 1.82) is 0 Å². The molecule has 4 amide bonds. The van der Waals surface area contributed by atoms with Crippen molar-refractivity contribution in [1.82, 2.24) is 39.8 Å². The van der Waals surface area contributed by atoms with Crippen LogP contribution >= 0.6 is 24.0 Å². The summed E-state index contributed by atoms with van der Waals surface area (Å²) in [7, 11) is 1.40. The van der Waals surface area contributed by atoms with E-state index in [0.29, 0.717) is 26.2 Å². The molecule has 12 nitrogen and oxygen atoms in total. The quantitative estimate of drug-likeness (QED) is 0.351. The molecule has 0 aliphatic carbocycles. The molecule has 17 heteroatoms. The molecule has 0 bridgehead atoms. The molecule has 2 aliphatic heterocycles. The minimum absolute atomic E-state index is 0. The highest BCUT2D eigenvalue weighted by Crippen LogP contribution is 2.36. The number of hydrogen-bond donors (Lipinski definition) is 3. The number of nitrogens with one attached hydrogen (secondary N) is 3. The number of alkyl halides is 3. The normalized spacial score (nSPS) is 15.2. The van der Waals surface area contributed by atoms with Crippen molar-refractivity contribution < 1.29 is 27.6 Å². The average molecular weight is 654 g/mol. The van der Waals surface area contributed by atoms with Crippen LogP contribution in [0.5, 0.6) is 0 Å². The van der Waals surface area contributed by atoms with Crippen molar-refractivity contribution in [2.45, 2.75) is 18.8 Å². The number of carbonyl (C=O) groups excluding carboxylic acids is 3. The van der Waals surface area contributed by atoms with E-state index in [1.165, 1.54) is 29.8 Å². The Morgan fingerprint density at radius 1 is 1.16 bits per heavy atom. The third-order valence-corrected chi connectivity index (χ3v) is 7.48. The number of halogens is 5. The van der Waals surface area contributed by atoms with Gasteiger partial charge in [-0.25, -0.2) is 9.78 Å². The molecule has 0 atom stereocenters. The zero-order valence-electron chi connectivity index (χ0n) is 23.3. The van der Waals surface area contributed by atoms with Crippen molar-refractivity contribution in [2.24, 2.45) is 7.05 Å². The molecule has 2 saturated heterocycles. The summed E-state index contributed by atoms with van der Waals surface area (Å²) in [6.45, 7) is 2.75. The molecule has 2 fully saturated rings. The van der Waals surface area contributed by atoms with Gasteiger partial charge in [0.2, 0.25) is 0 Å². The number of benzene rings is 1. The number of rotatable bonds is 6. The number of imidazole rings is 1. The van der Waals surface area contributed by atoms with Gasteiger partial charge in [0.1, 0.15) is 6.54 Å². The average Bonchev–Trinajstić information content (AvgIpc) is 3.54. The molecule has 2 aromatic heterocycles. The Hall–Kier alpha value is -4.26. The molecular weight excluding hydrogens is 626 g/mol. The predicted octanol–water partition coefficient (Wildman–Crippen LogP) is 2.70. The topological polar surface area (TPSA) is 129 Å². The van der Waals surface area contributed by atoms with Crippen LogP contribution in [0.25, 0.3) is 11.3 Å². The summed E-state index contributed by atoms with van der Waals surface area (Å²) in [6, 6.07) is 4.33. The van der Waals surface area contributed by atoms with E-state index in [-0.39, 0.29) is 70.3 Å². The van der Waals surface area contributed by atoms with Gasteiger partial charge in [0.25, 0.3) is 11.8 Å². The number of piperazine rings is 1. The Labute approximate surface area is 261 Å². The Bertz CT molecular complexity index is 1600. The molecule has 1 aromatic carbocycles. The van der Waals surface area contributed by atoms with E-state index in [1.54, 1.807) is 9.80 Å². The minimum Gasteiger partial charge on any atom is -0.335 e. The fourth-order valence-corrected chi connectivity index (χ4v) is 5.02. The Balaban J connectivity index is 0.00000442. The van der Waals surface area contributed by atoms with Crippen LogP contribution in [0.2, 0.25) is 5.02 Å². The molecule has 234 valence electrons. The van der Waals surface area contributed by atoms with Crippen molar-refractivity contribution in [2.75, 3.05) is 44.6 Å². The van der Waals surface area contributed by atoms with Crippen LogP contribution in [0, 0.1) is 12.3 Å². The maximum Gasteiger partial charge on any atom is 0.435 e. The summed E-state index contributed by atoms with van der Waals surface area (Å²) in [5.41, 5.74) is -0.945. The molecular formula is C27H28Cl2F3N9O3. The molecule has 0 unspecified atom stereocenters. The van der Waals surface area contributed by atoms with E-state index in [9.17, 15) is 27.6 Å². The Morgan fingerprint density at radius 2 is 1.84 bits per heavy atom. The first-order chi connectivity index (χ1) is 20.5. The second-order valence-electron chi connectivity index (χ2n) is 10.0. The lowest BCUT2D eigenvalue weighted by Crippen LogP contribution is -2.61. The maximum absolute atomic E-state index is 13.6. The summed E-state index contributed by atoms with van der Waals surface area (Å²) < 4.78 is 43.1. The van der Waals surface area contributed by atoms with Gasteiger partial charge in [0.05, 0.1) is 34.1 Å². The third kappa shape index (κ3) is 6.77. The Morgan fingerprint density at radius 3 is 2.43 bits per heavy atom. The number of nitrogens with zero attached hydrogens (tertiary/aromatic N) is 6. The maximum atomic E-state index is 13.6. The lowest BCUT2D eigenvalue weighted by atomic mass is 10.1. The molecule has 4 heterocycles. The summed E-state index contributed by atoms with van der Waals surface area (Å²) in [5.74, 6) is 1.05. The number of carbonyl (C=O) groups is 3. The number of amides is 4. The lowest BCUT2D eigenvalue weighted by Gasteiger charge is -2.37. The van der Waals surface area contributed by atoms with Gasteiger partial charge in [-0.05, 0) is 18.2 Å². The highest BCUT2D eigenvalue weighted by molar-refractivity contribution is 6.34. The number of anilines is 1. The number of urea groups is 1. The smallest absolute Gasteiger partial charge is 0.335 e. The number of hydrogen-bond acceptors (Lipinski definition) is 6. The molecule has 0 spiro atoms. The molecule has 0 saturated carbocycles. The Kier molecular flexibility index (Phi) is 9.77. The van der Waals surface area contributed by atoms with E-state index in [1.807, 2.05) is 0 Å². The lowest BCUT2D eigenvalue weighted by molar-refractivity contribution is -0.141. The molecule has 2 aliphatic rings. The van der Waals surface area contributed by atoms with Gasteiger partial charge in [-0.15, -0.1) is 18.8 Å². The second-order valence-corrected chi connectivity index (χ2v) is 10.5. The zero-order valence-corrected chi connectivity index (χ0v) is 24.9. The van der Waals surface area contributed by atoms with Crippen LogP contribution in [-0.4, -0.2) is 92.3 Å². The summed E-state index contributed by atoms with van der Waals surface area (Å²) in [5, 5.41) is 12.3. The molecule has 3 N–H and O–H groups in total. The highest BCUT2D eigenvalue weighted by atomic mass is 35.5. The van der Waals surface area contributed by atoms with Crippen LogP contribution in [0.3, 0.4) is 0 Å². The second kappa shape index (κ2) is 13.2. The first-order valence-electron chi connectivity index (χ1n) is 13.2. The van der Waals surface area contributed by atoms with Gasteiger partial charge in [-0.2, -0.15) is 18.3 Å². The fourth-order valence-electron chi connectivity index (χ4n) is 4.76. The van der Waals surface area contributed by atoms with Crippen molar-refractivity contribution in [3.8, 4) is 23.6 Å². The monoisotopic (exact) mass is 653 g/mol. The molecule has 3 aromatic rings. The number of aromatic nitrogens is 4. The SMILES string of the molecule is C#CCn1cc(-c2cnc(C(=O)Nc3ccc(C(=O)N4CCN(C(=O)NC5CNC5)CC4)c(Cl)c3)n2C)c(C(F)(F)F)n1.Cl. The van der Waals surface area contributed by atoms with Gasteiger partial charge in [-0.1, -0.05) is 17.5 Å². The van der Waals surface area contributed by atoms with Gasteiger partial charge in [-0.3, -0.25) is 14.3 Å².